The van der Waals surface area contributed by atoms with E-state index in [1.807, 2.05) is 60.7 Å². The van der Waals surface area contributed by atoms with Crippen molar-refractivity contribution < 1.29 is 9.59 Å². The minimum atomic E-state index is -0.646. The zero-order chi connectivity index (χ0) is 20.9. The van der Waals surface area contributed by atoms with Gasteiger partial charge in [0.15, 0.2) is 0 Å². The topological polar surface area (TPSA) is 102 Å². The van der Waals surface area contributed by atoms with Gasteiger partial charge in [-0.25, -0.2) is 9.48 Å². The fourth-order valence-electron chi connectivity index (χ4n) is 3.04. The summed E-state index contributed by atoms with van der Waals surface area (Å²) < 4.78 is 1.69. The number of hydrogen-bond acceptors (Lipinski definition) is 3. The van der Waals surface area contributed by atoms with Gasteiger partial charge in [0.1, 0.15) is 5.69 Å². The molecule has 0 aliphatic rings. The quantitative estimate of drug-likeness (QED) is 0.468. The summed E-state index contributed by atoms with van der Waals surface area (Å²) in [5.41, 5.74) is 8.98. The summed E-state index contributed by atoms with van der Waals surface area (Å²) in [4.78, 5) is 24.0. The number of hydrogen-bond donors (Lipinski definition) is 3. The van der Waals surface area contributed by atoms with E-state index >= 15 is 0 Å². The molecule has 0 saturated carbocycles. The van der Waals surface area contributed by atoms with Crippen molar-refractivity contribution in [3.05, 3.63) is 96.7 Å². The second kappa shape index (κ2) is 8.32. The molecule has 4 rings (SSSR count). The number of primary amides is 1. The number of benzene rings is 3. The van der Waals surface area contributed by atoms with Gasteiger partial charge >= 0.3 is 6.03 Å². The lowest BCUT2D eigenvalue weighted by Gasteiger charge is -2.07. The highest BCUT2D eigenvalue weighted by atomic mass is 16.2. The summed E-state index contributed by atoms with van der Waals surface area (Å²) in [6, 6.07) is 25.2. The van der Waals surface area contributed by atoms with Gasteiger partial charge in [0.05, 0.1) is 11.3 Å². The van der Waals surface area contributed by atoms with Gasteiger partial charge in [-0.2, -0.15) is 5.10 Å². The monoisotopic (exact) mass is 397 g/mol. The Morgan fingerprint density at radius 1 is 0.767 bits per heavy atom. The Morgan fingerprint density at radius 2 is 1.33 bits per heavy atom. The minimum Gasteiger partial charge on any atom is -0.351 e. The molecule has 0 saturated heterocycles. The first-order chi connectivity index (χ1) is 14.6. The van der Waals surface area contributed by atoms with Crippen LogP contribution in [0.2, 0.25) is 0 Å². The van der Waals surface area contributed by atoms with Crippen LogP contribution in [0.4, 0.5) is 16.2 Å². The number of nitrogens with zero attached hydrogens (tertiary/aromatic N) is 2. The molecule has 1 aromatic heterocycles. The third kappa shape index (κ3) is 4.20. The van der Waals surface area contributed by atoms with Gasteiger partial charge in [0, 0.05) is 23.1 Å². The number of carbonyl (C=O) groups is 2. The number of amides is 3. The van der Waals surface area contributed by atoms with Crippen molar-refractivity contribution in [2.24, 2.45) is 5.73 Å². The Kier molecular flexibility index (Phi) is 5.25. The summed E-state index contributed by atoms with van der Waals surface area (Å²) in [7, 11) is 0. The lowest BCUT2D eigenvalue weighted by Crippen LogP contribution is -2.19. The Morgan fingerprint density at radius 3 is 1.93 bits per heavy atom. The van der Waals surface area contributed by atoms with Crippen LogP contribution in [0.25, 0.3) is 16.9 Å². The van der Waals surface area contributed by atoms with Crippen LogP contribution in [0, 0.1) is 0 Å². The lowest BCUT2D eigenvalue weighted by atomic mass is 10.1. The largest absolute Gasteiger partial charge is 0.351 e. The number of rotatable bonds is 5. The molecule has 30 heavy (non-hydrogen) atoms. The van der Waals surface area contributed by atoms with Gasteiger partial charge in [0.25, 0.3) is 5.91 Å². The van der Waals surface area contributed by atoms with Crippen LogP contribution in [0.5, 0.6) is 0 Å². The SMILES string of the molecule is NC(=O)Nc1ccc(NC(=O)c2cn(-c3ccccc3)nc2-c2ccccc2)cc1. The Labute approximate surface area is 173 Å². The number of carbonyl (C=O) groups excluding carboxylic acids is 2. The van der Waals surface area contributed by atoms with Gasteiger partial charge in [-0.05, 0) is 36.4 Å². The molecule has 3 amide bonds. The van der Waals surface area contributed by atoms with Crippen molar-refractivity contribution in [3.8, 4) is 16.9 Å². The second-order valence-corrected chi connectivity index (χ2v) is 6.56. The number of aromatic nitrogens is 2. The summed E-state index contributed by atoms with van der Waals surface area (Å²) in [6.45, 7) is 0. The predicted octanol–water partition coefficient (Wildman–Crippen LogP) is 4.28. The zero-order valence-corrected chi connectivity index (χ0v) is 15.9. The lowest BCUT2D eigenvalue weighted by molar-refractivity contribution is 0.102. The van der Waals surface area contributed by atoms with Gasteiger partial charge in [0.2, 0.25) is 0 Å². The third-order valence-corrected chi connectivity index (χ3v) is 4.44. The van der Waals surface area contributed by atoms with Crippen molar-refractivity contribution in [1.29, 1.82) is 0 Å². The highest BCUT2D eigenvalue weighted by Crippen LogP contribution is 2.25. The molecule has 0 fully saturated rings. The van der Waals surface area contributed by atoms with Crippen LogP contribution < -0.4 is 16.4 Å². The van der Waals surface area contributed by atoms with E-state index in [-0.39, 0.29) is 5.91 Å². The number of urea groups is 1. The van der Waals surface area contributed by atoms with Crippen LogP contribution in [-0.2, 0) is 0 Å². The van der Waals surface area contributed by atoms with E-state index in [9.17, 15) is 9.59 Å². The molecular weight excluding hydrogens is 378 g/mol. The van der Waals surface area contributed by atoms with Crippen LogP contribution in [0.15, 0.2) is 91.1 Å². The predicted molar refractivity (Wildman–Crippen MR) is 117 cm³/mol. The first-order valence-corrected chi connectivity index (χ1v) is 9.28. The average Bonchev–Trinajstić information content (AvgIpc) is 3.22. The number of nitrogens with two attached hydrogens (primary N) is 1. The van der Waals surface area contributed by atoms with Gasteiger partial charge in [-0.15, -0.1) is 0 Å². The molecule has 4 N–H and O–H groups in total. The third-order valence-electron chi connectivity index (χ3n) is 4.44. The van der Waals surface area contributed by atoms with Crippen molar-refractivity contribution in [1.82, 2.24) is 9.78 Å². The van der Waals surface area contributed by atoms with Gasteiger partial charge < -0.3 is 16.4 Å². The van der Waals surface area contributed by atoms with E-state index in [0.29, 0.717) is 22.6 Å². The van der Waals surface area contributed by atoms with Crippen molar-refractivity contribution in [3.63, 3.8) is 0 Å². The van der Waals surface area contributed by atoms with E-state index in [4.69, 9.17) is 5.73 Å². The molecule has 3 aromatic carbocycles. The number of anilines is 2. The van der Waals surface area contributed by atoms with Crippen LogP contribution >= 0.6 is 0 Å². The fraction of sp³-hybridized carbons (Fsp3) is 0. The first-order valence-electron chi connectivity index (χ1n) is 9.28. The maximum absolute atomic E-state index is 13.1. The Balaban J connectivity index is 1.65. The molecule has 0 bridgehead atoms. The second-order valence-electron chi connectivity index (χ2n) is 6.56. The molecule has 0 aliphatic heterocycles. The van der Waals surface area contributed by atoms with Crippen molar-refractivity contribution >= 4 is 23.3 Å². The highest BCUT2D eigenvalue weighted by molar-refractivity contribution is 6.08. The maximum Gasteiger partial charge on any atom is 0.316 e. The molecule has 148 valence electrons. The zero-order valence-electron chi connectivity index (χ0n) is 15.9. The summed E-state index contributed by atoms with van der Waals surface area (Å²) >= 11 is 0. The average molecular weight is 397 g/mol. The normalized spacial score (nSPS) is 10.4. The minimum absolute atomic E-state index is 0.286. The Bertz CT molecular complexity index is 1170. The van der Waals surface area contributed by atoms with E-state index in [0.717, 1.165) is 11.3 Å². The number of para-hydroxylation sites is 1. The van der Waals surface area contributed by atoms with Crippen molar-refractivity contribution in [2.45, 2.75) is 0 Å². The van der Waals surface area contributed by atoms with Crippen LogP contribution in [0.3, 0.4) is 0 Å². The van der Waals surface area contributed by atoms with E-state index in [1.54, 1.807) is 35.1 Å². The molecular formula is C23H19N5O2. The first kappa shape index (κ1) is 18.9. The highest BCUT2D eigenvalue weighted by Gasteiger charge is 2.18. The molecule has 7 nitrogen and oxygen atoms in total. The molecule has 1 heterocycles. The summed E-state index contributed by atoms with van der Waals surface area (Å²) in [5, 5.41) is 10.0. The van der Waals surface area contributed by atoms with Gasteiger partial charge in [-0.3, -0.25) is 4.79 Å². The van der Waals surface area contributed by atoms with Crippen molar-refractivity contribution in [2.75, 3.05) is 10.6 Å². The number of nitrogens with one attached hydrogen (secondary N) is 2. The molecule has 0 radical (unpaired) electrons. The van der Waals surface area contributed by atoms with Crippen LogP contribution in [-0.4, -0.2) is 21.7 Å². The smallest absolute Gasteiger partial charge is 0.316 e. The molecule has 0 atom stereocenters. The maximum atomic E-state index is 13.1. The summed E-state index contributed by atoms with van der Waals surface area (Å²) in [6.07, 6.45) is 1.72. The standard InChI is InChI=1S/C23H19N5O2/c24-23(30)26-18-13-11-17(12-14-18)25-22(29)20-15-28(19-9-5-2-6-10-19)27-21(20)16-7-3-1-4-8-16/h1-15H,(H,25,29)(H3,24,26,30). The fourth-order valence-corrected chi connectivity index (χ4v) is 3.04. The van der Waals surface area contributed by atoms with Gasteiger partial charge in [-0.1, -0.05) is 48.5 Å². The van der Waals surface area contributed by atoms with E-state index in [1.165, 1.54) is 0 Å². The Hall–Kier alpha value is -4.39. The molecule has 4 aromatic rings. The summed E-state index contributed by atoms with van der Waals surface area (Å²) in [5.74, 6) is -0.286. The van der Waals surface area contributed by atoms with E-state index in [2.05, 4.69) is 15.7 Å². The van der Waals surface area contributed by atoms with Crippen LogP contribution in [0.1, 0.15) is 10.4 Å². The molecule has 0 aliphatic carbocycles. The van der Waals surface area contributed by atoms with E-state index < -0.39 is 6.03 Å². The molecule has 7 heteroatoms. The molecule has 0 spiro atoms. The molecule has 0 unspecified atom stereocenters.